The number of aliphatic hydroxyl groups excluding tert-OH is 1. The topological polar surface area (TPSA) is 54.0 Å². The van der Waals surface area contributed by atoms with Gasteiger partial charge in [0, 0.05) is 32.3 Å². The van der Waals surface area contributed by atoms with E-state index in [2.05, 4.69) is 38.0 Å². The zero-order valence-electron chi connectivity index (χ0n) is 13.7. The van der Waals surface area contributed by atoms with Crippen molar-refractivity contribution in [2.75, 3.05) is 53.1 Å². The molecule has 122 valence electrons. The highest BCUT2D eigenvalue weighted by molar-refractivity contribution is 4.62. The van der Waals surface area contributed by atoms with E-state index in [1.165, 1.54) is 0 Å². The van der Waals surface area contributed by atoms with Gasteiger partial charge in [0.25, 0.3) is 0 Å². The van der Waals surface area contributed by atoms with Crippen LogP contribution in [0.5, 0.6) is 0 Å². The van der Waals surface area contributed by atoms with Crippen LogP contribution in [0.4, 0.5) is 0 Å². The molecule has 1 atom stereocenters. The quantitative estimate of drug-likeness (QED) is 0.469. The van der Waals surface area contributed by atoms with Crippen LogP contribution in [-0.4, -0.2) is 75.3 Å². The summed E-state index contributed by atoms with van der Waals surface area (Å²) in [5.74, 6) is 0. The van der Waals surface area contributed by atoms with Crippen LogP contribution in [0.1, 0.15) is 33.6 Å². The van der Waals surface area contributed by atoms with Gasteiger partial charge in [-0.2, -0.15) is 0 Å². The highest BCUT2D eigenvalue weighted by Gasteiger charge is 2.05. The highest BCUT2D eigenvalue weighted by atomic mass is 16.5. The molecule has 0 heterocycles. The van der Waals surface area contributed by atoms with E-state index in [9.17, 15) is 5.11 Å². The molecule has 5 nitrogen and oxygen atoms in total. The zero-order valence-corrected chi connectivity index (χ0v) is 13.7. The van der Waals surface area contributed by atoms with Gasteiger partial charge in [-0.05, 0) is 27.3 Å². The molecule has 0 fully saturated rings. The van der Waals surface area contributed by atoms with Gasteiger partial charge in [0.05, 0.1) is 25.9 Å². The van der Waals surface area contributed by atoms with Crippen molar-refractivity contribution in [3.8, 4) is 0 Å². The molecule has 20 heavy (non-hydrogen) atoms. The average molecular weight is 290 g/mol. The summed E-state index contributed by atoms with van der Waals surface area (Å²) in [4.78, 5) is 2.27. The first-order valence-electron chi connectivity index (χ1n) is 7.82. The maximum atomic E-state index is 9.72. The standard InChI is InChI=1S/C15H34N2O3/c1-5-6-9-19-10-11-20-13-15(18)12-16-7-8-17(4)14(2)3/h14-16,18H,5-13H2,1-4H3. The van der Waals surface area contributed by atoms with Crippen LogP contribution in [0.25, 0.3) is 0 Å². The molecule has 0 aromatic carbocycles. The minimum Gasteiger partial charge on any atom is -0.389 e. The van der Waals surface area contributed by atoms with E-state index in [1.54, 1.807) is 0 Å². The van der Waals surface area contributed by atoms with Crippen LogP contribution in [0.2, 0.25) is 0 Å². The molecule has 0 aliphatic rings. The van der Waals surface area contributed by atoms with Crippen LogP contribution < -0.4 is 5.32 Å². The molecule has 1 unspecified atom stereocenters. The first-order chi connectivity index (χ1) is 9.57. The Kier molecular flexibility index (Phi) is 13.6. The molecule has 0 aliphatic carbocycles. The van der Waals surface area contributed by atoms with E-state index in [4.69, 9.17) is 9.47 Å². The SMILES string of the molecule is CCCCOCCOCC(O)CNCCN(C)C(C)C. The second-order valence-electron chi connectivity index (χ2n) is 5.47. The maximum Gasteiger partial charge on any atom is 0.0897 e. The third-order valence-electron chi connectivity index (χ3n) is 3.23. The smallest absolute Gasteiger partial charge is 0.0897 e. The number of hydrogen-bond acceptors (Lipinski definition) is 5. The fraction of sp³-hybridized carbons (Fsp3) is 1.00. The minimum absolute atomic E-state index is 0.365. The monoisotopic (exact) mass is 290 g/mol. The van der Waals surface area contributed by atoms with Crippen LogP contribution >= 0.6 is 0 Å². The lowest BCUT2D eigenvalue weighted by atomic mass is 10.3. The molecule has 0 radical (unpaired) electrons. The van der Waals surface area contributed by atoms with E-state index in [0.29, 0.717) is 32.4 Å². The predicted octanol–water partition coefficient (Wildman–Crippen LogP) is 1.11. The van der Waals surface area contributed by atoms with E-state index in [0.717, 1.165) is 32.5 Å². The Morgan fingerprint density at radius 3 is 2.50 bits per heavy atom. The van der Waals surface area contributed by atoms with Gasteiger partial charge in [-0.3, -0.25) is 0 Å². The van der Waals surface area contributed by atoms with Crippen LogP contribution in [0.3, 0.4) is 0 Å². The normalized spacial score (nSPS) is 13.3. The van der Waals surface area contributed by atoms with Crippen LogP contribution in [0.15, 0.2) is 0 Å². The second-order valence-corrected chi connectivity index (χ2v) is 5.47. The Hall–Kier alpha value is -0.200. The highest BCUT2D eigenvalue weighted by Crippen LogP contribution is 1.91. The average Bonchev–Trinajstić information content (AvgIpc) is 2.42. The summed E-state index contributed by atoms with van der Waals surface area (Å²) in [6.45, 7) is 11.2. The van der Waals surface area contributed by atoms with Gasteiger partial charge in [-0.15, -0.1) is 0 Å². The van der Waals surface area contributed by atoms with Crippen molar-refractivity contribution in [1.29, 1.82) is 0 Å². The number of nitrogens with zero attached hydrogens (tertiary/aromatic N) is 1. The summed E-state index contributed by atoms with van der Waals surface area (Å²) < 4.78 is 10.7. The van der Waals surface area contributed by atoms with E-state index in [-0.39, 0.29) is 0 Å². The van der Waals surface area contributed by atoms with Gasteiger partial charge in [-0.1, -0.05) is 13.3 Å². The lowest BCUT2D eigenvalue weighted by Gasteiger charge is -2.21. The fourth-order valence-corrected chi connectivity index (χ4v) is 1.53. The Morgan fingerprint density at radius 2 is 1.85 bits per heavy atom. The van der Waals surface area contributed by atoms with E-state index >= 15 is 0 Å². The molecule has 0 saturated carbocycles. The predicted molar refractivity (Wildman–Crippen MR) is 83.2 cm³/mol. The number of ether oxygens (including phenoxy) is 2. The molecule has 0 aromatic rings. The van der Waals surface area contributed by atoms with Crippen molar-refractivity contribution in [3.05, 3.63) is 0 Å². The Balaban J connectivity index is 3.26. The van der Waals surface area contributed by atoms with Gasteiger partial charge >= 0.3 is 0 Å². The molecular formula is C15H34N2O3. The Labute approximate surface area is 124 Å². The molecule has 0 aromatic heterocycles. The summed E-state index contributed by atoms with van der Waals surface area (Å²) in [7, 11) is 2.10. The van der Waals surface area contributed by atoms with E-state index in [1.807, 2.05) is 0 Å². The second kappa shape index (κ2) is 13.8. The van der Waals surface area contributed by atoms with Crippen molar-refractivity contribution in [3.63, 3.8) is 0 Å². The third-order valence-corrected chi connectivity index (χ3v) is 3.23. The van der Waals surface area contributed by atoms with E-state index < -0.39 is 6.10 Å². The molecular weight excluding hydrogens is 256 g/mol. The van der Waals surface area contributed by atoms with Gasteiger partial charge in [-0.25, -0.2) is 0 Å². The molecule has 0 aliphatic heterocycles. The first kappa shape index (κ1) is 19.8. The molecule has 0 rings (SSSR count). The maximum absolute atomic E-state index is 9.72. The summed E-state index contributed by atoms with van der Waals surface area (Å²) in [6, 6.07) is 0.553. The van der Waals surface area contributed by atoms with Crippen LogP contribution in [0, 0.1) is 0 Å². The lowest BCUT2D eigenvalue weighted by molar-refractivity contribution is 0.00385. The van der Waals surface area contributed by atoms with Crippen LogP contribution in [-0.2, 0) is 9.47 Å². The zero-order chi connectivity index (χ0) is 15.2. The first-order valence-corrected chi connectivity index (χ1v) is 7.82. The largest absolute Gasteiger partial charge is 0.389 e. The molecule has 0 saturated heterocycles. The van der Waals surface area contributed by atoms with Gasteiger partial charge < -0.3 is 24.8 Å². The molecule has 0 spiro atoms. The van der Waals surface area contributed by atoms with Crippen molar-refractivity contribution in [2.24, 2.45) is 0 Å². The molecule has 2 N–H and O–H groups in total. The summed E-state index contributed by atoms with van der Waals surface area (Å²) >= 11 is 0. The fourth-order valence-electron chi connectivity index (χ4n) is 1.53. The van der Waals surface area contributed by atoms with Crippen molar-refractivity contribution >= 4 is 0 Å². The summed E-state index contributed by atoms with van der Waals surface area (Å²) in [5, 5.41) is 13.0. The van der Waals surface area contributed by atoms with Gasteiger partial charge in [0.15, 0.2) is 0 Å². The number of likely N-dealkylation sites (N-methyl/N-ethyl adjacent to an activating group) is 1. The molecule has 0 bridgehead atoms. The van der Waals surface area contributed by atoms with Gasteiger partial charge in [0.1, 0.15) is 0 Å². The van der Waals surface area contributed by atoms with Gasteiger partial charge in [0.2, 0.25) is 0 Å². The Bertz CT molecular complexity index is 204. The number of aliphatic hydroxyl groups is 1. The van der Waals surface area contributed by atoms with Crippen molar-refractivity contribution in [1.82, 2.24) is 10.2 Å². The minimum atomic E-state index is -0.449. The van der Waals surface area contributed by atoms with Crippen molar-refractivity contribution in [2.45, 2.75) is 45.8 Å². The summed E-state index contributed by atoms with van der Waals surface area (Å²) in [6.07, 6.45) is 1.80. The third kappa shape index (κ3) is 12.8. The van der Waals surface area contributed by atoms with Crippen molar-refractivity contribution < 1.29 is 14.6 Å². The molecule has 5 heteroatoms. The number of rotatable bonds is 14. The number of unbranched alkanes of at least 4 members (excludes halogenated alkanes) is 1. The lowest BCUT2D eigenvalue weighted by Crippen LogP contribution is -2.37. The summed E-state index contributed by atoms with van der Waals surface area (Å²) in [5.41, 5.74) is 0. The number of nitrogens with one attached hydrogen (secondary N) is 1. The number of hydrogen-bond donors (Lipinski definition) is 2. The molecule has 0 amide bonds. The Morgan fingerprint density at radius 1 is 1.15 bits per heavy atom.